The van der Waals surface area contributed by atoms with Gasteiger partial charge in [0.2, 0.25) is 11.8 Å². The number of H-pyrrole nitrogens is 1. The number of aryl methyl sites for hydroxylation is 1. The number of aromatic nitrogens is 5. The predicted molar refractivity (Wildman–Crippen MR) is 141 cm³/mol. The van der Waals surface area contributed by atoms with Crippen LogP contribution < -0.4 is 10.6 Å². The molecule has 3 amide bonds. The minimum atomic E-state index is -0.685. The number of nitrogens with zero attached hydrogens (tertiary/aromatic N) is 5. The van der Waals surface area contributed by atoms with Gasteiger partial charge in [-0.25, -0.2) is 9.67 Å². The molecule has 0 fully saturated rings. The summed E-state index contributed by atoms with van der Waals surface area (Å²) in [5.41, 5.74) is 1.49. The van der Waals surface area contributed by atoms with Crippen molar-refractivity contribution in [2.75, 3.05) is 13.1 Å². The topological polar surface area (TPSA) is 138 Å². The number of carbonyl (C=O) groups excluding carboxylic acids is 3. The van der Waals surface area contributed by atoms with Gasteiger partial charge in [0.15, 0.2) is 0 Å². The summed E-state index contributed by atoms with van der Waals surface area (Å²) in [6, 6.07) is 8.71. The molecule has 0 saturated heterocycles. The lowest BCUT2D eigenvalue weighted by atomic mass is 9.97. The highest BCUT2D eigenvalue weighted by Gasteiger charge is 2.31. The van der Waals surface area contributed by atoms with Crippen molar-refractivity contribution in [2.24, 2.45) is 5.92 Å². The minimum absolute atomic E-state index is 0.0667. The fraction of sp³-hybridized carbons (Fsp3) is 0.481. The lowest BCUT2D eigenvalue weighted by molar-refractivity contribution is -0.130. The molecule has 0 bridgehead atoms. The first-order chi connectivity index (χ1) is 18.4. The summed E-state index contributed by atoms with van der Waals surface area (Å²) in [6.07, 6.45) is 4.95. The molecule has 202 valence electrons. The summed E-state index contributed by atoms with van der Waals surface area (Å²) < 4.78 is 1.78. The van der Waals surface area contributed by atoms with Gasteiger partial charge < -0.3 is 15.5 Å². The Hall–Kier alpha value is -4.02. The van der Waals surface area contributed by atoms with E-state index in [0.29, 0.717) is 49.7 Å². The van der Waals surface area contributed by atoms with Crippen molar-refractivity contribution in [2.45, 2.75) is 65.1 Å². The maximum Gasteiger partial charge on any atom is 0.257 e. The Morgan fingerprint density at radius 3 is 2.63 bits per heavy atom. The first-order valence-electron chi connectivity index (χ1n) is 13.2. The number of rotatable bonds is 5. The number of aromatic amines is 1. The minimum Gasteiger partial charge on any atom is -0.344 e. The van der Waals surface area contributed by atoms with Crippen molar-refractivity contribution in [3.8, 4) is 0 Å². The molecule has 0 radical (unpaired) electrons. The van der Waals surface area contributed by atoms with Gasteiger partial charge in [0, 0.05) is 25.7 Å². The van der Waals surface area contributed by atoms with E-state index >= 15 is 0 Å². The molecule has 11 heteroatoms. The summed E-state index contributed by atoms with van der Waals surface area (Å²) in [7, 11) is 0. The van der Waals surface area contributed by atoms with Gasteiger partial charge in [0.25, 0.3) is 5.91 Å². The quantitative estimate of drug-likeness (QED) is 0.471. The van der Waals surface area contributed by atoms with Crippen molar-refractivity contribution < 1.29 is 14.4 Å². The fourth-order valence-electron chi connectivity index (χ4n) is 4.67. The Morgan fingerprint density at radius 1 is 1.13 bits per heavy atom. The van der Waals surface area contributed by atoms with Crippen LogP contribution in [-0.4, -0.2) is 66.7 Å². The summed E-state index contributed by atoms with van der Waals surface area (Å²) in [4.78, 5) is 46.0. The molecule has 4 rings (SSSR count). The van der Waals surface area contributed by atoms with E-state index in [1.54, 1.807) is 15.8 Å². The van der Waals surface area contributed by atoms with E-state index in [-0.39, 0.29) is 30.1 Å². The van der Waals surface area contributed by atoms with Gasteiger partial charge in [-0.1, -0.05) is 50.6 Å². The van der Waals surface area contributed by atoms with Crippen LogP contribution >= 0.6 is 0 Å². The largest absolute Gasteiger partial charge is 0.344 e. The van der Waals surface area contributed by atoms with E-state index in [1.807, 2.05) is 51.1 Å². The molecule has 0 spiro atoms. The van der Waals surface area contributed by atoms with Gasteiger partial charge in [-0.15, -0.1) is 0 Å². The summed E-state index contributed by atoms with van der Waals surface area (Å²) in [6.45, 7) is 6.90. The number of hydrogen-bond acceptors (Lipinski definition) is 6. The smallest absolute Gasteiger partial charge is 0.257 e. The summed E-state index contributed by atoms with van der Waals surface area (Å²) in [5, 5.41) is 17.3. The number of nitrogens with one attached hydrogen (secondary N) is 3. The molecule has 3 aromatic rings. The molecule has 0 unspecified atom stereocenters. The van der Waals surface area contributed by atoms with Crippen LogP contribution in [0.4, 0.5) is 0 Å². The molecule has 3 N–H and O–H groups in total. The first kappa shape index (κ1) is 27.0. The SMILES string of the molecule is CC[C@H](C)[C@@H]1NC(=O)CCCN(C(=O)c2cn[nH]c2)CCn2nc(C)nc2[C@H](Cc2ccccc2)NC1=O. The van der Waals surface area contributed by atoms with Crippen LogP contribution in [0.2, 0.25) is 0 Å². The third-order valence-corrected chi connectivity index (χ3v) is 6.97. The Morgan fingerprint density at radius 2 is 1.92 bits per heavy atom. The van der Waals surface area contributed by atoms with Gasteiger partial charge in [-0.05, 0) is 31.2 Å². The average Bonchev–Trinajstić information content (AvgIpc) is 3.58. The second-order valence-electron chi connectivity index (χ2n) is 9.80. The van der Waals surface area contributed by atoms with E-state index in [2.05, 4.69) is 30.9 Å². The van der Waals surface area contributed by atoms with Crippen molar-refractivity contribution in [3.63, 3.8) is 0 Å². The molecule has 11 nitrogen and oxygen atoms in total. The third-order valence-electron chi connectivity index (χ3n) is 6.97. The van der Waals surface area contributed by atoms with Crippen molar-refractivity contribution in [3.05, 3.63) is 65.5 Å². The molecular formula is C27H36N8O3. The highest BCUT2D eigenvalue weighted by Crippen LogP contribution is 2.20. The third kappa shape index (κ3) is 6.64. The van der Waals surface area contributed by atoms with Gasteiger partial charge >= 0.3 is 0 Å². The number of fused-ring (bicyclic) bond motifs is 1. The van der Waals surface area contributed by atoms with Crippen molar-refractivity contribution in [1.29, 1.82) is 0 Å². The number of amides is 3. The highest BCUT2D eigenvalue weighted by atomic mass is 16.2. The van der Waals surface area contributed by atoms with E-state index in [9.17, 15) is 14.4 Å². The monoisotopic (exact) mass is 520 g/mol. The Kier molecular flexibility index (Phi) is 8.88. The molecule has 1 aliphatic rings. The normalized spacial score (nSPS) is 20.1. The van der Waals surface area contributed by atoms with E-state index < -0.39 is 12.1 Å². The lowest BCUT2D eigenvalue weighted by Gasteiger charge is -2.28. The second-order valence-corrected chi connectivity index (χ2v) is 9.80. The Bertz CT molecular complexity index is 1220. The van der Waals surface area contributed by atoms with Gasteiger partial charge in [-0.2, -0.15) is 10.2 Å². The van der Waals surface area contributed by atoms with Crippen LogP contribution in [0.25, 0.3) is 0 Å². The standard InChI is InChI=1S/C27H36N8O3/c1-4-18(2)24-26(37)31-22(15-20-9-6-5-7-10-20)25-30-19(3)33-35(25)14-13-34(12-8-11-23(36)32-24)27(38)21-16-28-29-17-21/h5-7,9-10,16-18,22,24H,4,8,11-15H2,1-3H3,(H,28,29)(H,31,37)(H,32,36)/t18-,22-,24-/m0/s1. The van der Waals surface area contributed by atoms with Crippen LogP contribution in [0.3, 0.4) is 0 Å². The van der Waals surface area contributed by atoms with Crippen molar-refractivity contribution >= 4 is 17.7 Å². The average molecular weight is 521 g/mol. The zero-order valence-electron chi connectivity index (χ0n) is 22.2. The van der Waals surface area contributed by atoms with Gasteiger partial charge in [0.05, 0.1) is 24.3 Å². The zero-order valence-corrected chi connectivity index (χ0v) is 22.2. The molecular weight excluding hydrogens is 484 g/mol. The second kappa shape index (κ2) is 12.5. The summed E-state index contributed by atoms with van der Waals surface area (Å²) >= 11 is 0. The molecule has 1 aliphatic heterocycles. The van der Waals surface area contributed by atoms with Gasteiger partial charge in [-0.3, -0.25) is 19.5 Å². The van der Waals surface area contributed by atoms with E-state index in [0.717, 1.165) is 12.0 Å². The summed E-state index contributed by atoms with van der Waals surface area (Å²) in [5.74, 6) is 0.503. The molecule has 2 aromatic heterocycles. The van der Waals surface area contributed by atoms with Crippen LogP contribution in [0.15, 0.2) is 42.7 Å². The molecule has 0 aliphatic carbocycles. The Balaban J connectivity index is 1.70. The lowest BCUT2D eigenvalue weighted by Crippen LogP contribution is -2.51. The molecule has 38 heavy (non-hydrogen) atoms. The zero-order chi connectivity index (χ0) is 27.1. The maximum absolute atomic E-state index is 13.6. The molecule has 3 atom stereocenters. The molecule has 3 heterocycles. The molecule has 1 aromatic carbocycles. The first-order valence-corrected chi connectivity index (χ1v) is 13.2. The number of benzene rings is 1. The van der Waals surface area contributed by atoms with Crippen LogP contribution in [0, 0.1) is 12.8 Å². The predicted octanol–water partition coefficient (Wildman–Crippen LogP) is 2.18. The van der Waals surface area contributed by atoms with Crippen LogP contribution in [0.1, 0.15) is 66.7 Å². The number of carbonyl (C=O) groups is 3. The fourth-order valence-corrected chi connectivity index (χ4v) is 4.67. The molecule has 0 saturated carbocycles. The maximum atomic E-state index is 13.6. The van der Waals surface area contributed by atoms with Crippen LogP contribution in [-0.2, 0) is 22.6 Å². The highest BCUT2D eigenvalue weighted by molar-refractivity contribution is 5.93. The Labute approximate surface area is 222 Å². The van der Waals surface area contributed by atoms with E-state index in [1.165, 1.54) is 6.20 Å². The van der Waals surface area contributed by atoms with Crippen LogP contribution in [0.5, 0.6) is 0 Å². The van der Waals surface area contributed by atoms with Crippen molar-refractivity contribution in [1.82, 2.24) is 40.5 Å². The van der Waals surface area contributed by atoms with Gasteiger partial charge in [0.1, 0.15) is 17.7 Å². The van der Waals surface area contributed by atoms with E-state index in [4.69, 9.17) is 0 Å². The number of hydrogen-bond donors (Lipinski definition) is 3.